The van der Waals surface area contributed by atoms with Gasteiger partial charge in [-0.2, -0.15) is 0 Å². The van der Waals surface area contributed by atoms with Gasteiger partial charge in [-0.15, -0.1) is 11.3 Å². The Balaban J connectivity index is 0.00000208. The van der Waals surface area contributed by atoms with Gasteiger partial charge in [0.05, 0.1) is 11.2 Å². The van der Waals surface area contributed by atoms with Gasteiger partial charge in [-0.25, -0.2) is 4.98 Å². The molecular weight excluding hydrogens is 355 g/mol. The molecule has 1 aromatic carbocycles. The number of aliphatic carboxylic acids is 1. The Bertz CT molecular complexity index is 873. The molecule has 0 atom stereocenters. The summed E-state index contributed by atoms with van der Waals surface area (Å²) in [5, 5.41) is 15.0. The zero-order valence-electron chi connectivity index (χ0n) is 13.9. The third-order valence-electron chi connectivity index (χ3n) is 3.55. The van der Waals surface area contributed by atoms with Crippen LogP contribution in [0.1, 0.15) is 25.1 Å². The van der Waals surface area contributed by atoms with E-state index in [-0.39, 0.29) is 36.0 Å². The molecular formula is C17H16ClN2NaO2S. The van der Waals surface area contributed by atoms with E-state index < -0.39 is 5.97 Å². The normalized spacial score (nSPS) is 11.0. The number of benzene rings is 1. The number of aromatic nitrogens is 2. The third kappa shape index (κ3) is 4.21. The fraction of sp³-hybridized carbons (Fsp3) is 0.294. The summed E-state index contributed by atoms with van der Waals surface area (Å²) in [7, 11) is 0. The van der Waals surface area contributed by atoms with Crippen LogP contribution >= 0.6 is 22.9 Å². The van der Waals surface area contributed by atoms with E-state index in [1.54, 1.807) is 5.38 Å². The summed E-state index contributed by atoms with van der Waals surface area (Å²) in [5.74, 6) is -0.586. The molecule has 0 aliphatic rings. The topological polar surface area (TPSA) is 58.0 Å². The Morgan fingerprint density at radius 2 is 2.17 bits per heavy atom. The molecule has 0 saturated carbocycles. The smallest absolute Gasteiger partial charge is 0.550 e. The number of carboxylic acid groups (broad SMARTS) is 1. The van der Waals surface area contributed by atoms with Gasteiger partial charge in [-0.1, -0.05) is 31.5 Å². The van der Waals surface area contributed by atoms with Crippen LogP contribution in [0.25, 0.3) is 16.0 Å². The van der Waals surface area contributed by atoms with Crippen molar-refractivity contribution >= 4 is 39.8 Å². The number of thiazole rings is 1. The summed E-state index contributed by atoms with van der Waals surface area (Å²) < 4.78 is 1.99. The van der Waals surface area contributed by atoms with Gasteiger partial charge < -0.3 is 9.90 Å². The summed E-state index contributed by atoms with van der Waals surface area (Å²) >= 11 is 7.57. The van der Waals surface area contributed by atoms with Crippen LogP contribution in [-0.2, 0) is 17.6 Å². The minimum Gasteiger partial charge on any atom is -0.550 e. The minimum absolute atomic E-state index is 0. The van der Waals surface area contributed by atoms with Crippen LogP contribution in [-0.4, -0.2) is 15.5 Å². The van der Waals surface area contributed by atoms with Gasteiger partial charge in [0.15, 0.2) is 5.13 Å². The molecule has 3 rings (SSSR count). The van der Waals surface area contributed by atoms with Gasteiger partial charge in [0.1, 0.15) is 0 Å². The quantitative estimate of drug-likeness (QED) is 0.604. The number of carboxylic acids is 1. The first kappa shape index (κ1) is 19.5. The molecule has 2 aromatic heterocycles. The predicted molar refractivity (Wildman–Crippen MR) is 91.2 cm³/mol. The molecule has 24 heavy (non-hydrogen) atoms. The van der Waals surface area contributed by atoms with Gasteiger partial charge in [0.25, 0.3) is 0 Å². The van der Waals surface area contributed by atoms with E-state index in [1.165, 1.54) is 16.9 Å². The molecule has 0 radical (unpaired) electrons. The first-order chi connectivity index (χ1) is 10.9. The fourth-order valence-electron chi connectivity index (χ4n) is 2.67. The third-order valence-corrected chi connectivity index (χ3v) is 4.67. The number of halogens is 1. The summed E-state index contributed by atoms with van der Waals surface area (Å²) in [6, 6.07) is 5.84. The molecule has 0 N–H and O–H groups in total. The van der Waals surface area contributed by atoms with Crippen LogP contribution in [0.15, 0.2) is 29.8 Å². The van der Waals surface area contributed by atoms with Crippen molar-refractivity contribution in [3.05, 3.63) is 46.1 Å². The van der Waals surface area contributed by atoms with Gasteiger partial charge in [0.2, 0.25) is 0 Å². The Labute approximate surface area is 171 Å². The van der Waals surface area contributed by atoms with E-state index in [0.717, 1.165) is 22.5 Å². The van der Waals surface area contributed by atoms with Crippen molar-refractivity contribution in [1.82, 2.24) is 9.55 Å². The van der Waals surface area contributed by atoms with E-state index in [2.05, 4.69) is 25.0 Å². The van der Waals surface area contributed by atoms with Crippen LogP contribution in [0.2, 0.25) is 5.02 Å². The largest absolute Gasteiger partial charge is 1.00 e. The first-order valence-corrected chi connectivity index (χ1v) is 8.64. The molecule has 0 bridgehead atoms. The average molecular weight is 371 g/mol. The molecule has 3 aromatic rings. The maximum Gasteiger partial charge on any atom is 1.00 e. The first-order valence-electron chi connectivity index (χ1n) is 7.38. The Morgan fingerprint density at radius 1 is 1.42 bits per heavy atom. The summed E-state index contributed by atoms with van der Waals surface area (Å²) in [6.07, 6.45) is 2.86. The molecule has 0 unspecified atom stereocenters. The predicted octanol–water partition coefficient (Wildman–Crippen LogP) is 0.235. The standard InChI is InChI=1S/C17H17ClN2O2S.Na/c1-10(2)5-11-8-20(15-6-12(18)3-4-14(11)15)17-19-13(9-23-17)7-16(21)22;/h3-4,6,8-10H,5,7H2,1-2H3,(H,21,22);/q;+1/p-1. The molecule has 120 valence electrons. The average Bonchev–Trinajstić information content (AvgIpc) is 3.02. The number of hydrogen-bond acceptors (Lipinski definition) is 4. The second-order valence-electron chi connectivity index (χ2n) is 5.95. The maximum absolute atomic E-state index is 10.7. The number of rotatable bonds is 5. The van der Waals surface area contributed by atoms with Crippen LogP contribution in [0, 0.1) is 5.92 Å². The molecule has 0 fully saturated rings. The van der Waals surface area contributed by atoms with E-state index in [1.807, 2.05) is 22.8 Å². The zero-order chi connectivity index (χ0) is 16.6. The number of carbonyl (C=O) groups is 1. The van der Waals surface area contributed by atoms with Crippen LogP contribution in [0.4, 0.5) is 0 Å². The summed E-state index contributed by atoms with van der Waals surface area (Å²) in [4.78, 5) is 15.1. The maximum atomic E-state index is 10.7. The molecule has 0 amide bonds. The van der Waals surface area contributed by atoms with Gasteiger partial charge in [-0.05, 0) is 30.0 Å². The molecule has 2 heterocycles. The van der Waals surface area contributed by atoms with Gasteiger partial charge in [-0.3, -0.25) is 4.57 Å². The van der Waals surface area contributed by atoms with E-state index in [0.29, 0.717) is 16.6 Å². The van der Waals surface area contributed by atoms with Gasteiger partial charge in [0, 0.05) is 34.4 Å². The second kappa shape index (κ2) is 8.02. The number of hydrogen-bond donors (Lipinski definition) is 0. The van der Waals surface area contributed by atoms with Crippen molar-refractivity contribution < 1.29 is 39.5 Å². The Morgan fingerprint density at radius 3 is 2.83 bits per heavy atom. The molecule has 0 spiro atoms. The Kier molecular flexibility index (Phi) is 6.51. The van der Waals surface area contributed by atoms with Crippen molar-refractivity contribution in [2.75, 3.05) is 0 Å². The number of fused-ring (bicyclic) bond motifs is 1. The van der Waals surface area contributed by atoms with Crippen LogP contribution in [0.5, 0.6) is 0 Å². The fourth-order valence-corrected chi connectivity index (χ4v) is 3.65. The second-order valence-corrected chi connectivity index (χ2v) is 7.23. The van der Waals surface area contributed by atoms with E-state index >= 15 is 0 Å². The van der Waals surface area contributed by atoms with Crippen molar-refractivity contribution in [2.24, 2.45) is 5.92 Å². The van der Waals surface area contributed by atoms with Crippen LogP contribution in [0.3, 0.4) is 0 Å². The van der Waals surface area contributed by atoms with Crippen molar-refractivity contribution in [3.8, 4) is 5.13 Å². The van der Waals surface area contributed by atoms with Crippen LogP contribution < -0.4 is 34.7 Å². The molecule has 4 nitrogen and oxygen atoms in total. The molecule has 0 aliphatic carbocycles. The zero-order valence-corrected chi connectivity index (χ0v) is 17.4. The molecule has 0 saturated heterocycles. The molecule has 0 aliphatic heterocycles. The molecule has 7 heteroatoms. The SMILES string of the molecule is CC(C)Cc1cn(-c2nc(CC(=O)[O-])cs2)c2cc(Cl)ccc12.[Na+]. The van der Waals surface area contributed by atoms with Crippen molar-refractivity contribution in [2.45, 2.75) is 26.7 Å². The summed E-state index contributed by atoms with van der Waals surface area (Å²) in [5.41, 5.74) is 2.74. The summed E-state index contributed by atoms with van der Waals surface area (Å²) in [6.45, 7) is 4.36. The minimum atomic E-state index is -1.12. The van der Waals surface area contributed by atoms with E-state index in [4.69, 9.17) is 11.6 Å². The number of carbonyl (C=O) groups excluding carboxylic acids is 1. The monoisotopic (exact) mass is 370 g/mol. The van der Waals surface area contributed by atoms with Crippen molar-refractivity contribution in [1.29, 1.82) is 0 Å². The van der Waals surface area contributed by atoms with Crippen molar-refractivity contribution in [3.63, 3.8) is 0 Å². The van der Waals surface area contributed by atoms with E-state index in [9.17, 15) is 9.90 Å². The van der Waals surface area contributed by atoms with Gasteiger partial charge >= 0.3 is 29.6 Å². The Hall–Kier alpha value is -0.850. The number of nitrogens with zero attached hydrogens (tertiary/aromatic N) is 2.